The van der Waals surface area contributed by atoms with E-state index >= 15 is 0 Å². The van der Waals surface area contributed by atoms with Gasteiger partial charge in [-0.25, -0.2) is 0 Å². The molecule has 7 heteroatoms. The number of para-hydroxylation sites is 1. The summed E-state index contributed by atoms with van der Waals surface area (Å²) >= 11 is 0. The van der Waals surface area contributed by atoms with Crippen molar-refractivity contribution in [3.05, 3.63) is 53.6 Å². The van der Waals surface area contributed by atoms with Crippen LogP contribution in [0.25, 0.3) is 0 Å². The zero-order valence-electron chi connectivity index (χ0n) is 17.8. The maximum atomic E-state index is 12.5. The van der Waals surface area contributed by atoms with Crippen LogP contribution in [0.4, 0.5) is 0 Å². The number of ether oxygens (including phenoxy) is 3. The van der Waals surface area contributed by atoms with Crippen molar-refractivity contribution in [2.45, 2.75) is 38.6 Å². The van der Waals surface area contributed by atoms with Gasteiger partial charge in [-0.2, -0.15) is 0 Å². The Labute approximate surface area is 182 Å². The molecule has 164 valence electrons. The zero-order valence-corrected chi connectivity index (χ0v) is 17.8. The highest BCUT2D eigenvalue weighted by molar-refractivity contribution is 5.95. The van der Waals surface area contributed by atoms with Gasteiger partial charge in [0.15, 0.2) is 11.5 Å². The molecular formula is C24H28N2O5. The van der Waals surface area contributed by atoms with Gasteiger partial charge in [0, 0.05) is 31.1 Å². The summed E-state index contributed by atoms with van der Waals surface area (Å²) < 4.78 is 16.4. The van der Waals surface area contributed by atoms with Crippen LogP contribution in [0.5, 0.6) is 17.2 Å². The molecule has 2 aliphatic rings. The van der Waals surface area contributed by atoms with Gasteiger partial charge in [0.2, 0.25) is 12.7 Å². The van der Waals surface area contributed by atoms with Gasteiger partial charge in [-0.1, -0.05) is 18.2 Å². The largest absolute Gasteiger partial charge is 0.493 e. The van der Waals surface area contributed by atoms with Gasteiger partial charge in [0.05, 0.1) is 6.61 Å². The summed E-state index contributed by atoms with van der Waals surface area (Å²) in [5, 5.41) is 3.07. The number of piperidine rings is 1. The molecule has 4 rings (SSSR count). The normalized spacial score (nSPS) is 15.6. The van der Waals surface area contributed by atoms with Gasteiger partial charge in [-0.3, -0.25) is 9.59 Å². The van der Waals surface area contributed by atoms with Crippen molar-refractivity contribution < 1.29 is 23.8 Å². The minimum absolute atomic E-state index is 0.0614. The molecule has 31 heavy (non-hydrogen) atoms. The van der Waals surface area contributed by atoms with Crippen molar-refractivity contribution in [3.8, 4) is 17.2 Å². The minimum Gasteiger partial charge on any atom is -0.493 e. The van der Waals surface area contributed by atoms with Crippen molar-refractivity contribution >= 4 is 11.8 Å². The Hall–Kier alpha value is -3.22. The second-order valence-electron chi connectivity index (χ2n) is 7.91. The molecule has 0 saturated carbocycles. The van der Waals surface area contributed by atoms with Crippen LogP contribution in [0.2, 0.25) is 0 Å². The summed E-state index contributed by atoms with van der Waals surface area (Å²) in [4.78, 5) is 26.9. The van der Waals surface area contributed by atoms with Gasteiger partial charge in [0.1, 0.15) is 5.75 Å². The quantitative estimate of drug-likeness (QED) is 0.690. The first-order valence-corrected chi connectivity index (χ1v) is 10.8. The number of hydrogen-bond donors (Lipinski definition) is 1. The summed E-state index contributed by atoms with van der Waals surface area (Å²) in [6.45, 7) is 4.03. The highest BCUT2D eigenvalue weighted by Gasteiger charge is 2.24. The number of rotatable bonds is 7. The molecule has 1 N–H and O–H groups in total. The molecule has 0 radical (unpaired) electrons. The van der Waals surface area contributed by atoms with E-state index in [0.29, 0.717) is 49.6 Å². The third-order valence-electron chi connectivity index (χ3n) is 5.70. The lowest BCUT2D eigenvalue weighted by Gasteiger charge is -2.32. The maximum absolute atomic E-state index is 12.5. The highest BCUT2D eigenvalue weighted by atomic mass is 16.7. The van der Waals surface area contributed by atoms with Crippen LogP contribution in [-0.2, 0) is 4.79 Å². The molecule has 1 saturated heterocycles. The summed E-state index contributed by atoms with van der Waals surface area (Å²) in [7, 11) is 0. The third kappa shape index (κ3) is 5.29. The predicted molar refractivity (Wildman–Crippen MR) is 116 cm³/mol. The SMILES string of the molecule is Cc1ccccc1OCCCC(=O)N1CCC(NC(=O)c2ccc3c(c2)OCO3)CC1. The average molecular weight is 424 g/mol. The molecule has 0 unspecified atom stereocenters. The van der Waals surface area contributed by atoms with Crippen LogP contribution < -0.4 is 19.5 Å². The van der Waals surface area contributed by atoms with Crippen LogP contribution >= 0.6 is 0 Å². The van der Waals surface area contributed by atoms with E-state index in [1.165, 1.54) is 0 Å². The molecule has 0 aromatic heterocycles. The van der Waals surface area contributed by atoms with E-state index in [1.807, 2.05) is 36.1 Å². The molecule has 0 bridgehead atoms. The Kier molecular flexibility index (Phi) is 6.60. The maximum Gasteiger partial charge on any atom is 0.251 e. The fourth-order valence-electron chi connectivity index (χ4n) is 3.86. The smallest absolute Gasteiger partial charge is 0.251 e. The number of nitrogens with one attached hydrogen (secondary N) is 1. The number of carbonyl (C=O) groups excluding carboxylic acids is 2. The number of fused-ring (bicyclic) bond motifs is 1. The molecule has 2 aliphatic heterocycles. The molecule has 2 aromatic carbocycles. The van der Waals surface area contributed by atoms with Crippen LogP contribution in [-0.4, -0.2) is 49.2 Å². The molecular weight excluding hydrogens is 396 g/mol. The van der Waals surface area contributed by atoms with Crippen molar-refractivity contribution in [3.63, 3.8) is 0 Å². The number of hydrogen-bond acceptors (Lipinski definition) is 5. The molecule has 7 nitrogen and oxygen atoms in total. The van der Waals surface area contributed by atoms with Crippen LogP contribution in [0.1, 0.15) is 41.6 Å². The lowest BCUT2D eigenvalue weighted by atomic mass is 10.0. The van der Waals surface area contributed by atoms with E-state index in [2.05, 4.69) is 5.32 Å². The Bertz CT molecular complexity index is 937. The highest BCUT2D eigenvalue weighted by Crippen LogP contribution is 2.32. The first-order chi connectivity index (χ1) is 15.1. The number of benzene rings is 2. The molecule has 2 heterocycles. The Morgan fingerprint density at radius 1 is 1.10 bits per heavy atom. The summed E-state index contributed by atoms with van der Waals surface area (Å²) in [6.07, 6.45) is 2.66. The van der Waals surface area contributed by atoms with E-state index in [4.69, 9.17) is 14.2 Å². The third-order valence-corrected chi connectivity index (χ3v) is 5.70. The van der Waals surface area contributed by atoms with E-state index in [9.17, 15) is 9.59 Å². The lowest BCUT2D eigenvalue weighted by molar-refractivity contribution is -0.132. The zero-order chi connectivity index (χ0) is 21.6. The van der Waals surface area contributed by atoms with Gasteiger partial charge < -0.3 is 24.4 Å². The molecule has 0 atom stereocenters. The predicted octanol–water partition coefficient (Wildman–Crippen LogP) is 3.30. The van der Waals surface area contributed by atoms with Crippen LogP contribution in [0, 0.1) is 6.92 Å². The van der Waals surface area contributed by atoms with E-state index in [-0.39, 0.29) is 24.6 Å². The monoisotopic (exact) mass is 424 g/mol. The number of amides is 2. The van der Waals surface area contributed by atoms with Crippen LogP contribution in [0.3, 0.4) is 0 Å². The Morgan fingerprint density at radius 2 is 1.87 bits per heavy atom. The molecule has 0 aliphatic carbocycles. The Balaban J connectivity index is 1.16. The van der Waals surface area contributed by atoms with Crippen molar-refractivity contribution in [1.29, 1.82) is 0 Å². The average Bonchev–Trinajstić information content (AvgIpc) is 3.26. The molecule has 1 fully saturated rings. The second-order valence-corrected chi connectivity index (χ2v) is 7.91. The standard InChI is InChI=1S/C24H28N2O5/c1-17-5-2-3-6-20(17)29-14-4-7-23(27)26-12-10-19(11-13-26)25-24(28)18-8-9-21-22(15-18)31-16-30-21/h2-3,5-6,8-9,15,19H,4,7,10-14,16H2,1H3,(H,25,28). The van der Waals surface area contributed by atoms with Crippen LogP contribution in [0.15, 0.2) is 42.5 Å². The fraction of sp³-hybridized carbons (Fsp3) is 0.417. The summed E-state index contributed by atoms with van der Waals surface area (Å²) in [6, 6.07) is 13.1. The van der Waals surface area contributed by atoms with Gasteiger partial charge in [-0.05, 0) is 56.0 Å². The van der Waals surface area contributed by atoms with Crippen molar-refractivity contribution in [1.82, 2.24) is 10.2 Å². The summed E-state index contributed by atoms with van der Waals surface area (Å²) in [5.74, 6) is 2.14. The topological polar surface area (TPSA) is 77.1 Å². The van der Waals surface area contributed by atoms with E-state index in [0.717, 1.165) is 24.2 Å². The van der Waals surface area contributed by atoms with Gasteiger partial charge in [-0.15, -0.1) is 0 Å². The first-order valence-electron chi connectivity index (χ1n) is 10.8. The van der Waals surface area contributed by atoms with Gasteiger partial charge >= 0.3 is 0 Å². The number of nitrogens with zero attached hydrogens (tertiary/aromatic N) is 1. The van der Waals surface area contributed by atoms with Gasteiger partial charge in [0.25, 0.3) is 5.91 Å². The fourth-order valence-corrected chi connectivity index (χ4v) is 3.86. The molecule has 2 amide bonds. The number of aryl methyl sites for hydroxylation is 1. The second kappa shape index (κ2) is 9.73. The molecule has 0 spiro atoms. The van der Waals surface area contributed by atoms with Crippen molar-refractivity contribution in [2.24, 2.45) is 0 Å². The Morgan fingerprint density at radius 3 is 2.68 bits per heavy atom. The van der Waals surface area contributed by atoms with Crippen molar-refractivity contribution in [2.75, 3.05) is 26.5 Å². The number of carbonyl (C=O) groups is 2. The molecule has 2 aromatic rings. The van der Waals surface area contributed by atoms with E-state index < -0.39 is 0 Å². The van der Waals surface area contributed by atoms with E-state index in [1.54, 1.807) is 18.2 Å². The number of likely N-dealkylation sites (tertiary alicyclic amines) is 1. The summed E-state index contributed by atoms with van der Waals surface area (Å²) in [5.41, 5.74) is 1.65. The first kappa shape index (κ1) is 21.0. The minimum atomic E-state index is -0.128. The lowest BCUT2D eigenvalue weighted by Crippen LogP contribution is -2.46.